The molecule has 2 heterocycles. The van der Waals surface area contributed by atoms with Gasteiger partial charge in [0.15, 0.2) is 0 Å². The van der Waals surface area contributed by atoms with Gasteiger partial charge in [-0.25, -0.2) is 18.0 Å². The Balaban J connectivity index is 1.64. The van der Waals surface area contributed by atoms with Crippen LogP contribution in [-0.2, 0) is 24.3 Å². The Morgan fingerprint density at radius 1 is 1.06 bits per heavy atom. The molecule has 1 aromatic heterocycles. The maximum absolute atomic E-state index is 13.4. The zero-order chi connectivity index (χ0) is 24.5. The molecule has 11 nitrogen and oxygen atoms in total. The van der Waals surface area contributed by atoms with Crippen molar-refractivity contribution in [1.82, 2.24) is 13.1 Å². The summed E-state index contributed by atoms with van der Waals surface area (Å²) in [7, 11) is -1.67. The maximum atomic E-state index is 13.4. The first-order chi connectivity index (χ1) is 16.3. The molecule has 1 amide bonds. The molecule has 4 rings (SSSR count). The zero-order valence-corrected chi connectivity index (χ0v) is 19.8. The Labute approximate surface area is 199 Å². The van der Waals surface area contributed by atoms with E-state index in [0.717, 1.165) is 16.0 Å². The minimum absolute atomic E-state index is 0.0147. The first kappa shape index (κ1) is 23.7. The molecule has 1 N–H and O–H groups in total. The maximum Gasteiger partial charge on any atom is 0.337 e. The lowest BCUT2D eigenvalue weighted by Crippen LogP contribution is -2.43. The van der Waals surface area contributed by atoms with Crippen LogP contribution in [0, 0.1) is 0 Å². The molecule has 3 aromatic rings. The van der Waals surface area contributed by atoms with Crippen molar-refractivity contribution in [2.75, 3.05) is 26.1 Å². The molecule has 0 radical (unpaired) electrons. The van der Waals surface area contributed by atoms with Crippen molar-refractivity contribution in [3.63, 3.8) is 0 Å². The summed E-state index contributed by atoms with van der Waals surface area (Å²) in [5.41, 5.74) is 0.898. The predicted octanol–water partition coefficient (Wildman–Crippen LogP) is 2.06. The van der Waals surface area contributed by atoms with Crippen molar-refractivity contribution in [3.05, 3.63) is 47.5 Å². The molecule has 13 heteroatoms. The predicted molar refractivity (Wildman–Crippen MR) is 122 cm³/mol. The molecule has 1 aliphatic heterocycles. The number of rotatable bonds is 6. The van der Waals surface area contributed by atoms with Crippen LogP contribution in [-0.4, -0.2) is 66.1 Å². The average molecular weight is 505 g/mol. The fraction of sp³-hybridized carbons (Fsp3) is 0.286. The zero-order valence-electron chi connectivity index (χ0n) is 18.2. The quantitative estimate of drug-likeness (QED) is 0.499. The van der Waals surface area contributed by atoms with E-state index in [1.165, 1.54) is 38.5 Å². The van der Waals surface area contributed by atoms with Gasteiger partial charge in [0.1, 0.15) is 22.0 Å². The van der Waals surface area contributed by atoms with Gasteiger partial charge in [-0.1, -0.05) is 6.07 Å². The third-order valence-electron chi connectivity index (χ3n) is 5.38. The second-order valence-corrected chi connectivity index (χ2v) is 9.82. The van der Waals surface area contributed by atoms with Crippen molar-refractivity contribution >= 4 is 56.3 Å². The van der Waals surface area contributed by atoms with Crippen LogP contribution >= 0.6 is 11.7 Å². The van der Waals surface area contributed by atoms with Crippen molar-refractivity contribution in [2.45, 2.75) is 23.8 Å². The molecule has 1 fully saturated rings. The number of aromatic nitrogens is 2. The highest BCUT2D eigenvalue weighted by Gasteiger charge is 2.40. The Kier molecular flexibility index (Phi) is 6.59. The average Bonchev–Trinajstić information content (AvgIpc) is 3.52. The smallest absolute Gasteiger partial charge is 0.337 e. The van der Waals surface area contributed by atoms with Crippen LogP contribution in [0.25, 0.3) is 11.0 Å². The lowest BCUT2D eigenvalue weighted by Gasteiger charge is -2.23. The van der Waals surface area contributed by atoms with Crippen molar-refractivity contribution in [1.29, 1.82) is 0 Å². The first-order valence-electron chi connectivity index (χ1n) is 10.1. The second kappa shape index (κ2) is 9.44. The lowest BCUT2D eigenvalue weighted by atomic mass is 10.1. The van der Waals surface area contributed by atoms with Crippen LogP contribution in [0.5, 0.6) is 0 Å². The normalized spacial score (nSPS) is 16.4. The minimum atomic E-state index is -4.04. The summed E-state index contributed by atoms with van der Waals surface area (Å²) in [5, 5.41) is 2.62. The molecule has 1 saturated heterocycles. The number of nitrogens with one attached hydrogen (secondary N) is 1. The number of hydrogen-bond donors (Lipinski definition) is 1. The van der Waals surface area contributed by atoms with Crippen molar-refractivity contribution in [3.8, 4) is 0 Å². The van der Waals surface area contributed by atoms with E-state index in [2.05, 4.69) is 14.1 Å². The van der Waals surface area contributed by atoms with Crippen LogP contribution in [0.15, 0.2) is 41.3 Å². The number of carbonyl (C=O) groups is 3. The fourth-order valence-corrected chi connectivity index (χ4v) is 6.21. The molecule has 0 unspecified atom stereocenters. The van der Waals surface area contributed by atoms with Gasteiger partial charge in [-0.15, -0.1) is 0 Å². The largest absolute Gasteiger partial charge is 0.465 e. The van der Waals surface area contributed by atoms with E-state index in [1.54, 1.807) is 12.1 Å². The summed E-state index contributed by atoms with van der Waals surface area (Å²) < 4.78 is 45.6. The molecular weight excluding hydrogens is 484 g/mol. The van der Waals surface area contributed by atoms with Gasteiger partial charge in [0, 0.05) is 12.2 Å². The third-order valence-corrected chi connectivity index (χ3v) is 7.87. The number of ether oxygens (including phenoxy) is 2. The summed E-state index contributed by atoms with van der Waals surface area (Å²) in [6, 6.07) is 7.65. The van der Waals surface area contributed by atoms with Gasteiger partial charge in [-0.05, 0) is 43.2 Å². The fourth-order valence-electron chi connectivity index (χ4n) is 3.80. The Hall–Kier alpha value is -3.42. The van der Waals surface area contributed by atoms with Gasteiger partial charge in [0.2, 0.25) is 15.9 Å². The molecular formula is C21H20N4O7S2. The van der Waals surface area contributed by atoms with Crippen LogP contribution in [0.1, 0.15) is 33.6 Å². The SMILES string of the molecule is COC(=O)c1cc(NC(=O)[C@@H]2CCCN2S(=O)(=O)c2cccc3nsnc23)cc(C(=O)OC)c1. The van der Waals surface area contributed by atoms with Gasteiger partial charge in [0.25, 0.3) is 0 Å². The summed E-state index contributed by atoms with van der Waals surface area (Å²) >= 11 is 0.908. The molecule has 178 valence electrons. The molecule has 0 aliphatic carbocycles. The first-order valence-corrected chi connectivity index (χ1v) is 12.3. The molecule has 1 aliphatic rings. The Bertz CT molecular complexity index is 1350. The number of amides is 1. The lowest BCUT2D eigenvalue weighted by molar-refractivity contribution is -0.119. The molecule has 0 saturated carbocycles. The van der Waals surface area contributed by atoms with E-state index in [-0.39, 0.29) is 33.8 Å². The standard InChI is InChI=1S/C21H20N4O7S2/c1-31-20(27)12-9-13(21(28)32-2)11-14(10-12)22-19(26)16-6-4-8-25(16)34(29,30)17-7-3-5-15-18(17)24-33-23-15/h3,5,7,9-11,16H,4,6,8H2,1-2H3,(H,22,26)/t16-/m0/s1. The summed E-state index contributed by atoms with van der Waals surface area (Å²) in [6.07, 6.45) is 0.787. The number of methoxy groups -OCH3 is 2. The molecule has 1 atom stereocenters. The number of hydrogen-bond acceptors (Lipinski definition) is 10. The number of carbonyl (C=O) groups excluding carboxylic acids is 3. The number of nitrogens with zero attached hydrogens (tertiary/aromatic N) is 3. The Morgan fingerprint density at radius 2 is 1.74 bits per heavy atom. The van der Waals surface area contributed by atoms with Gasteiger partial charge < -0.3 is 14.8 Å². The highest BCUT2D eigenvalue weighted by atomic mass is 32.2. The topological polar surface area (TPSA) is 145 Å². The van der Waals surface area contributed by atoms with Gasteiger partial charge in [-0.2, -0.15) is 13.1 Å². The minimum Gasteiger partial charge on any atom is -0.465 e. The van der Waals surface area contributed by atoms with Gasteiger partial charge in [0.05, 0.1) is 37.1 Å². The van der Waals surface area contributed by atoms with E-state index in [1.807, 2.05) is 0 Å². The van der Waals surface area contributed by atoms with E-state index in [0.29, 0.717) is 18.4 Å². The van der Waals surface area contributed by atoms with E-state index >= 15 is 0 Å². The number of anilines is 1. The highest BCUT2D eigenvalue weighted by Crippen LogP contribution is 2.30. The van der Waals surface area contributed by atoms with E-state index < -0.39 is 33.9 Å². The molecule has 0 bridgehead atoms. The monoisotopic (exact) mass is 504 g/mol. The number of sulfonamides is 1. The van der Waals surface area contributed by atoms with Gasteiger partial charge in [-0.3, -0.25) is 4.79 Å². The Morgan fingerprint density at radius 3 is 2.38 bits per heavy atom. The summed E-state index contributed by atoms with van der Waals surface area (Å²) in [6.45, 7) is 0.157. The molecule has 2 aromatic carbocycles. The molecule has 34 heavy (non-hydrogen) atoms. The van der Waals surface area contributed by atoms with Crippen LogP contribution in [0.3, 0.4) is 0 Å². The van der Waals surface area contributed by atoms with Crippen molar-refractivity contribution < 1.29 is 32.3 Å². The van der Waals surface area contributed by atoms with E-state index in [4.69, 9.17) is 9.47 Å². The van der Waals surface area contributed by atoms with Crippen LogP contribution in [0.4, 0.5) is 5.69 Å². The van der Waals surface area contributed by atoms with E-state index in [9.17, 15) is 22.8 Å². The van der Waals surface area contributed by atoms with Crippen LogP contribution < -0.4 is 5.32 Å². The third kappa shape index (κ3) is 4.36. The van der Waals surface area contributed by atoms with Crippen molar-refractivity contribution in [2.24, 2.45) is 0 Å². The summed E-state index contributed by atoms with van der Waals surface area (Å²) in [4.78, 5) is 37.2. The number of fused-ring (bicyclic) bond motifs is 1. The molecule has 0 spiro atoms. The second-order valence-electron chi connectivity index (χ2n) is 7.43. The number of benzene rings is 2. The summed E-state index contributed by atoms with van der Waals surface area (Å²) in [5.74, 6) is -2.02. The highest BCUT2D eigenvalue weighted by molar-refractivity contribution is 7.89. The van der Waals surface area contributed by atoms with Crippen LogP contribution in [0.2, 0.25) is 0 Å². The number of esters is 2. The van der Waals surface area contributed by atoms with Gasteiger partial charge >= 0.3 is 11.9 Å².